The molecule has 0 radical (unpaired) electrons. The van der Waals surface area contributed by atoms with E-state index in [-0.39, 0.29) is 0 Å². The van der Waals surface area contributed by atoms with Gasteiger partial charge in [-0.3, -0.25) is 4.90 Å². The molecule has 0 amide bonds. The molecule has 0 saturated carbocycles. The zero-order valence-corrected chi connectivity index (χ0v) is 13.1. The second-order valence-electron chi connectivity index (χ2n) is 5.87. The highest BCUT2D eigenvalue weighted by Gasteiger charge is 2.17. The minimum atomic E-state index is 0.404. The van der Waals surface area contributed by atoms with Crippen molar-refractivity contribution < 1.29 is 4.74 Å². The van der Waals surface area contributed by atoms with Crippen LogP contribution in [0.4, 0.5) is 0 Å². The van der Waals surface area contributed by atoms with Gasteiger partial charge in [0.05, 0.1) is 24.7 Å². The minimum Gasteiger partial charge on any atom is -0.497 e. The molecule has 0 aliphatic carbocycles. The maximum atomic E-state index is 5.31. The molecule has 3 rings (SSSR count). The summed E-state index contributed by atoms with van der Waals surface area (Å²) in [5.74, 6) is 2.01. The second kappa shape index (κ2) is 6.03. The van der Waals surface area contributed by atoms with Crippen LogP contribution in [0.25, 0.3) is 11.0 Å². The van der Waals surface area contributed by atoms with Crippen LogP contribution >= 0.6 is 0 Å². The fraction of sp³-hybridized carbons (Fsp3) is 0.562. The van der Waals surface area contributed by atoms with Gasteiger partial charge < -0.3 is 14.6 Å². The number of rotatable bonds is 4. The predicted molar refractivity (Wildman–Crippen MR) is 84.8 cm³/mol. The molecule has 5 heteroatoms. The molecule has 114 valence electrons. The Morgan fingerprint density at radius 3 is 2.71 bits per heavy atom. The highest BCUT2D eigenvalue weighted by atomic mass is 16.5. The average Bonchev–Trinajstić information content (AvgIpc) is 2.85. The Morgan fingerprint density at radius 2 is 2.05 bits per heavy atom. The Morgan fingerprint density at radius 1 is 1.29 bits per heavy atom. The highest BCUT2D eigenvalue weighted by molar-refractivity contribution is 5.78. The number of imidazole rings is 1. The maximum absolute atomic E-state index is 5.31. The number of fused-ring (bicyclic) bond motifs is 1. The van der Waals surface area contributed by atoms with Crippen molar-refractivity contribution >= 4 is 11.0 Å². The number of aromatic nitrogens is 2. The number of nitrogens with one attached hydrogen (secondary N) is 1. The number of hydrogen-bond donors (Lipinski definition) is 1. The van der Waals surface area contributed by atoms with Gasteiger partial charge in [-0.05, 0) is 26.0 Å². The summed E-state index contributed by atoms with van der Waals surface area (Å²) in [4.78, 5) is 7.32. The van der Waals surface area contributed by atoms with Crippen molar-refractivity contribution in [2.45, 2.75) is 26.4 Å². The molecule has 1 fully saturated rings. The van der Waals surface area contributed by atoms with Crippen LogP contribution in [0.15, 0.2) is 18.2 Å². The van der Waals surface area contributed by atoms with E-state index in [0.29, 0.717) is 6.04 Å². The summed E-state index contributed by atoms with van der Waals surface area (Å²) >= 11 is 0. The summed E-state index contributed by atoms with van der Waals surface area (Å²) in [7, 11) is 1.70. The number of benzene rings is 1. The van der Waals surface area contributed by atoms with E-state index in [1.165, 1.54) is 5.52 Å². The summed E-state index contributed by atoms with van der Waals surface area (Å²) in [6, 6.07) is 6.55. The highest BCUT2D eigenvalue weighted by Crippen LogP contribution is 2.25. The van der Waals surface area contributed by atoms with Crippen LogP contribution in [0, 0.1) is 0 Å². The normalized spacial score (nSPS) is 16.8. The molecule has 0 unspecified atom stereocenters. The van der Waals surface area contributed by atoms with Gasteiger partial charge in [-0.15, -0.1) is 0 Å². The Kier molecular flexibility index (Phi) is 4.12. The van der Waals surface area contributed by atoms with E-state index < -0.39 is 0 Å². The molecule has 1 N–H and O–H groups in total. The van der Waals surface area contributed by atoms with Crippen LogP contribution in [-0.2, 0) is 6.54 Å². The predicted octanol–water partition coefficient (Wildman–Crippen LogP) is 2.03. The summed E-state index contributed by atoms with van der Waals surface area (Å²) in [6.45, 7) is 9.65. The van der Waals surface area contributed by atoms with Gasteiger partial charge in [-0.2, -0.15) is 0 Å². The molecule has 0 atom stereocenters. The molecule has 2 aromatic rings. The monoisotopic (exact) mass is 288 g/mol. The maximum Gasteiger partial charge on any atom is 0.124 e. The van der Waals surface area contributed by atoms with E-state index in [1.54, 1.807) is 7.11 Å². The summed E-state index contributed by atoms with van der Waals surface area (Å²) in [5, 5.41) is 3.39. The first-order chi connectivity index (χ1) is 10.2. The molecule has 5 nitrogen and oxygen atoms in total. The van der Waals surface area contributed by atoms with Gasteiger partial charge in [-0.25, -0.2) is 4.98 Å². The minimum absolute atomic E-state index is 0.404. The fourth-order valence-electron chi connectivity index (χ4n) is 3.01. The Hall–Kier alpha value is -1.59. The van der Waals surface area contributed by atoms with Gasteiger partial charge in [0.1, 0.15) is 11.6 Å². The van der Waals surface area contributed by atoms with E-state index >= 15 is 0 Å². The summed E-state index contributed by atoms with van der Waals surface area (Å²) in [6.07, 6.45) is 0. The van der Waals surface area contributed by atoms with E-state index in [0.717, 1.165) is 49.8 Å². The second-order valence-corrected chi connectivity index (χ2v) is 5.87. The molecule has 1 aliphatic rings. The Bertz CT molecular complexity index is 614. The molecular weight excluding hydrogens is 264 g/mol. The summed E-state index contributed by atoms with van der Waals surface area (Å²) in [5.41, 5.74) is 2.21. The van der Waals surface area contributed by atoms with Gasteiger partial charge in [0.2, 0.25) is 0 Å². The van der Waals surface area contributed by atoms with E-state index in [9.17, 15) is 0 Å². The molecule has 0 bridgehead atoms. The third-order valence-corrected chi connectivity index (χ3v) is 4.06. The lowest BCUT2D eigenvalue weighted by Gasteiger charge is -2.27. The van der Waals surface area contributed by atoms with Crippen molar-refractivity contribution in [1.82, 2.24) is 19.8 Å². The van der Waals surface area contributed by atoms with Crippen LogP contribution in [0.5, 0.6) is 5.75 Å². The standard InChI is InChI=1S/C16H24N4O/c1-12(2)20-15-5-4-13(21-3)10-14(15)18-16(20)11-19-8-6-17-7-9-19/h4-5,10,12,17H,6-9,11H2,1-3H3. The number of piperazine rings is 1. The number of methoxy groups -OCH3 is 1. The van der Waals surface area contributed by atoms with Crippen molar-refractivity contribution in [3.63, 3.8) is 0 Å². The van der Waals surface area contributed by atoms with Gasteiger partial charge >= 0.3 is 0 Å². The molecule has 21 heavy (non-hydrogen) atoms. The Labute approximate surface area is 125 Å². The van der Waals surface area contributed by atoms with Crippen LogP contribution in [0.1, 0.15) is 25.7 Å². The van der Waals surface area contributed by atoms with Crippen molar-refractivity contribution in [2.75, 3.05) is 33.3 Å². The number of nitrogens with zero attached hydrogens (tertiary/aromatic N) is 3. The third kappa shape index (κ3) is 2.89. The van der Waals surface area contributed by atoms with Crippen LogP contribution in [0.2, 0.25) is 0 Å². The lowest BCUT2D eigenvalue weighted by molar-refractivity contribution is 0.224. The van der Waals surface area contributed by atoms with Crippen molar-refractivity contribution in [1.29, 1.82) is 0 Å². The fourth-order valence-corrected chi connectivity index (χ4v) is 3.01. The van der Waals surface area contributed by atoms with E-state index in [2.05, 4.69) is 34.7 Å². The first-order valence-electron chi connectivity index (χ1n) is 7.67. The SMILES string of the molecule is COc1ccc2c(c1)nc(CN1CCNCC1)n2C(C)C. The smallest absolute Gasteiger partial charge is 0.124 e. The van der Waals surface area contributed by atoms with Crippen LogP contribution in [-0.4, -0.2) is 47.7 Å². The molecule has 1 saturated heterocycles. The quantitative estimate of drug-likeness (QED) is 0.935. The first-order valence-corrected chi connectivity index (χ1v) is 7.67. The van der Waals surface area contributed by atoms with Gasteiger partial charge in [0.15, 0.2) is 0 Å². The van der Waals surface area contributed by atoms with E-state index in [4.69, 9.17) is 9.72 Å². The molecule has 1 aromatic heterocycles. The largest absolute Gasteiger partial charge is 0.497 e. The first kappa shape index (κ1) is 14.4. The average molecular weight is 288 g/mol. The lowest BCUT2D eigenvalue weighted by Crippen LogP contribution is -2.43. The summed E-state index contributed by atoms with van der Waals surface area (Å²) < 4.78 is 7.66. The number of hydrogen-bond acceptors (Lipinski definition) is 4. The molecule has 1 aliphatic heterocycles. The molecule has 1 aromatic carbocycles. The molecule has 0 spiro atoms. The number of ether oxygens (including phenoxy) is 1. The lowest BCUT2D eigenvalue weighted by atomic mass is 10.2. The topological polar surface area (TPSA) is 42.3 Å². The molecule has 2 heterocycles. The van der Waals surface area contributed by atoms with Crippen LogP contribution in [0.3, 0.4) is 0 Å². The van der Waals surface area contributed by atoms with Gasteiger partial charge in [0.25, 0.3) is 0 Å². The van der Waals surface area contributed by atoms with Crippen molar-refractivity contribution in [2.24, 2.45) is 0 Å². The van der Waals surface area contributed by atoms with Crippen molar-refractivity contribution in [3.8, 4) is 5.75 Å². The molecular formula is C16H24N4O. The third-order valence-electron chi connectivity index (χ3n) is 4.06. The van der Waals surface area contributed by atoms with E-state index in [1.807, 2.05) is 12.1 Å². The zero-order chi connectivity index (χ0) is 14.8. The van der Waals surface area contributed by atoms with Gasteiger partial charge in [-0.1, -0.05) is 0 Å². The zero-order valence-electron chi connectivity index (χ0n) is 13.1. The van der Waals surface area contributed by atoms with Crippen molar-refractivity contribution in [3.05, 3.63) is 24.0 Å². The van der Waals surface area contributed by atoms with Crippen LogP contribution < -0.4 is 10.1 Å². The Balaban J connectivity index is 1.97. The van der Waals surface area contributed by atoms with Gasteiger partial charge in [0, 0.05) is 38.3 Å².